The van der Waals surface area contributed by atoms with Crippen LogP contribution in [0.3, 0.4) is 0 Å². The van der Waals surface area contributed by atoms with Crippen molar-refractivity contribution in [3.63, 3.8) is 0 Å². The Labute approximate surface area is 128 Å². The molecule has 3 amide bonds. The summed E-state index contributed by atoms with van der Waals surface area (Å²) in [5.41, 5.74) is -0.122. The number of carboxylic acid groups (broad SMARTS) is 1. The third-order valence-corrected chi connectivity index (χ3v) is 5.35. The summed E-state index contributed by atoms with van der Waals surface area (Å²) in [4.78, 5) is 34.0. The maximum atomic E-state index is 11.6. The predicted octanol–water partition coefficient (Wildman–Crippen LogP) is 1.74. The highest BCUT2D eigenvalue weighted by Crippen LogP contribution is 2.50. The molecule has 2 fully saturated rings. The molecule has 0 heterocycles. The van der Waals surface area contributed by atoms with Crippen LogP contribution in [0, 0.1) is 5.41 Å². The van der Waals surface area contributed by atoms with E-state index in [-0.39, 0.29) is 29.5 Å². The van der Waals surface area contributed by atoms with Crippen LogP contribution in [0.2, 0.25) is 0 Å². The van der Waals surface area contributed by atoms with Crippen LogP contribution in [-0.4, -0.2) is 40.6 Å². The maximum absolute atomic E-state index is 11.6. The second kappa shape index (κ2) is 7.15. The Morgan fingerprint density at radius 1 is 1.19 bits per heavy atom. The molecule has 7 heteroatoms. The van der Waals surface area contributed by atoms with Gasteiger partial charge in [-0.1, -0.05) is 12.8 Å². The summed E-state index contributed by atoms with van der Waals surface area (Å²) >= 11 is 1.40. The molecule has 0 aromatic carbocycles. The first kappa shape index (κ1) is 16.1. The Morgan fingerprint density at radius 3 is 2.43 bits per heavy atom. The highest BCUT2D eigenvalue weighted by atomic mass is 32.2. The normalized spacial score (nSPS) is 20.0. The summed E-state index contributed by atoms with van der Waals surface area (Å²) in [5, 5.41) is 13.9. The first-order valence-corrected chi connectivity index (χ1v) is 8.54. The molecule has 0 radical (unpaired) electrons. The molecule has 6 nitrogen and oxygen atoms in total. The van der Waals surface area contributed by atoms with Gasteiger partial charge in [0.2, 0.25) is 5.91 Å². The number of urea groups is 1. The molecular formula is C14H22N2O4S. The number of hydrogen-bond acceptors (Lipinski definition) is 4. The van der Waals surface area contributed by atoms with E-state index in [4.69, 9.17) is 5.11 Å². The summed E-state index contributed by atoms with van der Waals surface area (Å²) in [7, 11) is 0. The zero-order valence-corrected chi connectivity index (χ0v) is 12.8. The van der Waals surface area contributed by atoms with Crippen molar-refractivity contribution in [2.75, 3.05) is 11.5 Å². The molecule has 2 aliphatic rings. The molecule has 2 saturated carbocycles. The molecule has 2 rings (SSSR count). The summed E-state index contributed by atoms with van der Waals surface area (Å²) in [5.74, 6) is -0.244. The summed E-state index contributed by atoms with van der Waals surface area (Å²) in [6.45, 7) is 0. The lowest BCUT2D eigenvalue weighted by Gasteiger charge is -2.13. The number of hydrogen-bond donors (Lipinski definition) is 3. The van der Waals surface area contributed by atoms with Crippen LogP contribution < -0.4 is 10.6 Å². The largest absolute Gasteiger partial charge is 0.481 e. The molecule has 0 atom stereocenters. The van der Waals surface area contributed by atoms with Gasteiger partial charge in [-0.3, -0.25) is 14.9 Å². The second-order valence-corrected chi connectivity index (χ2v) is 7.05. The van der Waals surface area contributed by atoms with Crippen molar-refractivity contribution in [3.8, 4) is 0 Å². The van der Waals surface area contributed by atoms with Crippen molar-refractivity contribution in [3.05, 3.63) is 0 Å². The smallest absolute Gasteiger partial charge is 0.321 e. The van der Waals surface area contributed by atoms with E-state index in [2.05, 4.69) is 10.6 Å². The van der Waals surface area contributed by atoms with E-state index in [1.165, 1.54) is 11.8 Å². The van der Waals surface area contributed by atoms with Crippen LogP contribution in [0.25, 0.3) is 0 Å². The SMILES string of the molecule is O=C(O)CC1(CSCC(=O)NC(=O)NC2CCCC2)CC1. The molecule has 0 aliphatic heterocycles. The van der Waals surface area contributed by atoms with E-state index in [0.29, 0.717) is 5.75 Å². The van der Waals surface area contributed by atoms with Crippen LogP contribution in [0.5, 0.6) is 0 Å². The van der Waals surface area contributed by atoms with E-state index in [1.807, 2.05) is 0 Å². The van der Waals surface area contributed by atoms with E-state index in [0.717, 1.165) is 38.5 Å². The van der Waals surface area contributed by atoms with Gasteiger partial charge in [0.1, 0.15) is 0 Å². The highest BCUT2D eigenvalue weighted by Gasteiger charge is 2.44. The molecule has 0 aromatic heterocycles. The molecule has 3 N–H and O–H groups in total. The van der Waals surface area contributed by atoms with Crippen LogP contribution in [0.4, 0.5) is 4.79 Å². The molecule has 21 heavy (non-hydrogen) atoms. The monoisotopic (exact) mass is 314 g/mol. The Bertz CT molecular complexity index is 417. The number of carbonyl (C=O) groups is 3. The van der Waals surface area contributed by atoms with Crippen molar-refractivity contribution < 1.29 is 19.5 Å². The highest BCUT2D eigenvalue weighted by molar-refractivity contribution is 8.00. The first-order chi connectivity index (χ1) is 9.99. The fourth-order valence-corrected chi connectivity index (χ4v) is 3.87. The average molecular weight is 314 g/mol. The van der Waals surface area contributed by atoms with Crippen LogP contribution >= 0.6 is 11.8 Å². The number of thioether (sulfide) groups is 1. The van der Waals surface area contributed by atoms with Crippen LogP contribution in [0.15, 0.2) is 0 Å². The van der Waals surface area contributed by atoms with Gasteiger partial charge in [0.25, 0.3) is 0 Å². The molecule has 0 aromatic rings. The summed E-state index contributed by atoms with van der Waals surface area (Å²) in [6.07, 6.45) is 6.21. The zero-order chi connectivity index (χ0) is 15.3. The summed E-state index contributed by atoms with van der Waals surface area (Å²) < 4.78 is 0. The van der Waals surface area contributed by atoms with Gasteiger partial charge in [-0.2, -0.15) is 11.8 Å². The Kier molecular flexibility index (Phi) is 5.50. The van der Waals surface area contributed by atoms with E-state index in [1.54, 1.807) is 0 Å². The molecular weight excluding hydrogens is 292 g/mol. The Balaban J connectivity index is 1.59. The van der Waals surface area contributed by atoms with Gasteiger partial charge >= 0.3 is 12.0 Å². The topological polar surface area (TPSA) is 95.5 Å². The lowest BCUT2D eigenvalue weighted by atomic mass is 10.1. The van der Waals surface area contributed by atoms with Crippen molar-refractivity contribution in [2.45, 2.75) is 51.0 Å². The standard InChI is InChI=1S/C14H22N2O4S/c17-11(16-13(20)15-10-3-1-2-4-10)8-21-9-14(5-6-14)7-12(18)19/h10H,1-9H2,(H,18,19)(H2,15,16,17,20). The Morgan fingerprint density at radius 2 is 1.86 bits per heavy atom. The third kappa shape index (κ3) is 5.57. The lowest BCUT2D eigenvalue weighted by Crippen LogP contribution is -2.44. The minimum atomic E-state index is -0.784. The van der Waals surface area contributed by atoms with Crippen LogP contribution in [-0.2, 0) is 9.59 Å². The number of amides is 3. The molecule has 2 aliphatic carbocycles. The van der Waals surface area contributed by atoms with Gasteiger partial charge in [0, 0.05) is 6.04 Å². The first-order valence-electron chi connectivity index (χ1n) is 7.39. The van der Waals surface area contributed by atoms with E-state index >= 15 is 0 Å². The molecule has 118 valence electrons. The molecule has 0 spiro atoms. The number of carboxylic acids is 1. The average Bonchev–Trinajstić information content (AvgIpc) is 2.93. The fourth-order valence-electron chi connectivity index (χ4n) is 2.68. The minimum Gasteiger partial charge on any atom is -0.481 e. The van der Waals surface area contributed by atoms with Crippen molar-refractivity contribution >= 4 is 29.7 Å². The number of imide groups is 1. The second-order valence-electron chi connectivity index (χ2n) is 6.07. The third-order valence-electron chi connectivity index (χ3n) is 4.07. The van der Waals surface area contributed by atoms with Gasteiger partial charge < -0.3 is 10.4 Å². The van der Waals surface area contributed by atoms with Crippen molar-refractivity contribution in [1.82, 2.24) is 10.6 Å². The van der Waals surface area contributed by atoms with Crippen molar-refractivity contribution in [1.29, 1.82) is 0 Å². The zero-order valence-electron chi connectivity index (χ0n) is 12.0. The number of carbonyl (C=O) groups excluding carboxylic acids is 2. The minimum absolute atomic E-state index is 0.122. The van der Waals surface area contributed by atoms with Gasteiger partial charge in [0.15, 0.2) is 0 Å². The van der Waals surface area contributed by atoms with Gasteiger partial charge in [-0.15, -0.1) is 0 Å². The number of aliphatic carboxylic acids is 1. The lowest BCUT2D eigenvalue weighted by molar-refractivity contribution is -0.138. The summed E-state index contributed by atoms with van der Waals surface area (Å²) in [6, 6.07) is -0.227. The number of rotatable bonds is 7. The maximum Gasteiger partial charge on any atom is 0.321 e. The Hall–Kier alpha value is -1.24. The number of nitrogens with one attached hydrogen (secondary N) is 2. The van der Waals surface area contributed by atoms with E-state index in [9.17, 15) is 14.4 Å². The quantitative estimate of drug-likeness (QED) is 0.665. The van der Waals surface area contributed by atoms with Gasteiger partial charge in [-0.25, -0.2) is 4.79 Å². The van der Waals surface area contributed by atoms with Crippen molar-refractivity contribution in [2.24, 2.45) is 5.41 Å². The van der Waals surface area contributed by atoms with E-state index < -0.39 is 12.0 Å². The molecule has 0 saturated heterocycles. The fraction of sp³-hybridized carbons (Fsp3) is 0.786. The molecule has 0 bridgehead atoms. The molecule has 0 unspecified atom stereocenters. The van der Waals surface area contributed by atoms with Gasteiger partial charge in [-0.05, 0) is 36.9 Å². The predicted molar refractivity (Wildman–Crippen MR) is 80.2 cm³/mol. The van der Waals surface area contributed by atoms with Crippen LogP contribution in [0.1, 0.15) is 44.9 Å². The van der Waals surface area contributed by atoms with Gasteiger partial charge in [0.05, 0.1) is 12.2 Å².